The Morgan fingerprint density at radius 3 is 1.24 bits per heavy atom. The van der Waals surface area contributed by atoms with E-state index in [2.05, 4.69) is 76.9 Å². The standard InChI is InChI=1S/C27H34N2O5.C22H26N2O3.ClH/c1-26(2,3)33-25(32)28-27(17-18-27)24(31)34-29-23(30)19-22-15-13-21(14-16-22)12-8-7-11-20-9-5-4-6-10-20;23-22(14-15-22)21(26)27-24-20(25)16-19-12-10-18(11-13-19)9-5-4-8-17-6-2-1-3-7-17;/h4-6,9-10,13-16H,7-8,11-12,17-19H2,1-3H3,(H,28,32)(H,29,30);1-3,6-7,10-13H,4-5,8-9,14-16,23H2,(H,24,25);1H. The van der Waals surface area contributed by atoms with Crippen LogP contribution in [-0.2, 0) is 72.1 Å². The van der Waals surface area contributed by atoms with Gasteiger partial charge in [0.05, 0.1) is 12.8 Å². The second-order valence-corrected chi connectivity index (χ2v) is 17.1. The van der Waals surface area contributed by atoms with Crippen LogP contribution in [0.25, 0.3) is 0 Å². The number of hydrogen-bond acceptors (Lipinski definition) is 9. The summed E-state index contributed by atoms with van der Waals surface area (Å²) in [5.41, 5.74) is 14.3. The normalized spacial score (nSPS) is 14.0. The lowest BCUT2D eigenvalue weighted by Gasteiger charge is -2.22. The van der Waals surface area contributed by atoms with E-state index in [1.165, 1.54) is 22.3 Å². The zero-order valence-electron chi connectivity index (χ0n) is 36.0. The predicted octanol–water partition coefficient (Wildman–Crippen LogP) is 7.71. The number of amides is 3. The lowest BCUT2D eigenvalue weighted by Crippen LogP contribution is -2.48. The van der Waals surface area contributed by atoms with E-state index >= 15 is 0 Å². The minimum Gasteiger partial charge on any atom is -0.444 e. The zero-order valence-corrected chi connectivity index (χ0v) is 36.9. The fourth-order valence-corrected chi connectivity index (χ4v) is 6.45. The Hall–Kier alpha value is -5.72. The van der Waals surface area contributed by atoms with Gasteiger partial charge in [-0.25, -0.2) is 14.4 Å². The first kappa shape index (κ1) is 48.9. The third-order valence-corrected chi connectivity index (χ3v) is 10.4. The number of rotatable bonds is 17. The molecular weight excluding hydrogens is 808 g/mol. The van der Waals surface area contributed by atoms with Crippen LogP contribution in [0.3, 0.4) is 0 Å². The number of hydrogen-bond donors (Lipinski definition) is 4. The summed E-state index contributed by atoms with van der Waals surface area (Å²) in [4.78, 5) is 69.7. The molecule has 0 saturated heterocycles. The van der Waals surface area contributed by atoms with E-state index in [-0.39, 0.29) is 31.2 Å². The Morgan fingerprint density at radius 2 is 0.887 bits per heavy atom. The first-order chi connectivity index (χ1) is 29.2. The number of alkyl carbamates (subject to hydrolysis) is 1. The zero-order chi connectivity index (χ0) is 43.7. The molecule has 2 saturated carbocycles. The number of aryl methyl sites for hydroxylation is 4. The Bertz CT molecular complexity index is 2050. The summed E-state index contributed by atoms with van der Waals surface area (Å²) >= 11 is 0. The van der Waals surface area contributed by atoms with Crippen LogP contribution in [0.4, 0.5) is 4.79 Å². The Morgan fingerprint density at radius 1 is 0.532 bits per heavy atom. The van der Waals surface area contributed by atoms with E-state index < -0.39 is 40.6 Å². The van der Waals surface area contributed by atoms with Gasteiger partial charge >= 0.3 is 18.0 Å². The third-order valence-electron chi connectivity index (χ3n) is 10.4. The van der Waals surface area contributed by atoms with Crippen LogP contribution in [0.15, 0.2) is 109 Å². The van der Waals surface area contributed by atoms with Crippen molar-refractivity contribution in [2.24, 2.45) is 5.73 Å². The molecular formula is C49H61ClN4O8. The van der Waals surface area contributed by atoms with Crippen molar-refractivity contribution in [3.63, 3.8) is 0 Å². The van der Waals surface area contributed by atoms with Crippen LogP contribution < -0.4 is 22.0 Å². The molecule has 6 rings (SSSR count). The highest BCUT2D eigenvalue weighted by molar-refractivity contribution is 5.90. The molecule has 4 aromatic rings. The van der Waals surface area contributed by atoms with Gasteiger partial charge in [-0.1, -0.05) is 109 Å². The van der Waals surface area contributed by atoms with Crippen molar-refractivity contribution in [1.29, 1.82) is 0 Å². The molecule has 62 heavy (non-hydrogen) atoms. The maximum atomic E-state index is 12.3. The fraction of sp³-hybridized carbons (Fsp3) is 0.408. The van der Waals surface area contributed by atoms with Crippen LogP contribution in [0.5, 0.6) is 0 Å². The molecule has 12 nitrogen and oxygen atoms in total. The Balaban J connectivity index is 0.000000275. The molecule has 13 heteroatoms. The number of unbranched alkanes of at least 4 members (excludes halogenated alkanes) is 2. The van der Waals surface area contributed by atoms with Crippen molar-refractivity contribution in [2.45, 2.75) is 127 Å². The number of hydroxylamine groups is 2. The lowest BCUT2D eigenvalue weighted by atomic mass is 10.0. The van der Waals surface area contributed by atoms with Crippen LogP contribution in [0, 0.1) is 0 Å². The van der Waals surface area contributed by atoms with Gasteiger partial charge in [-0.3, -0.25) is 9.59 Å². The van der Waals surface area contributed by atoms with Crippen LogP contribution in [0.1, 0.15) is 106 Å². The number of carbonyl (C=O) groups is 5. The molecule has 3 amide bonds. The summed E-state index contributed by atoms with van der Waals surface area (Å²) in [5.74, 6) is -2.06. The largest absolute Gasteiger partial charge is 0.444 e. The summed E-state index contributed by atoms with van der Waals surface area (Å²) in [6.45, 7) is 5.22. The number of nitrogens with one attached hydrogen (secondary N) is 3. The fourth-order valence-electron chi connectivity index (χ4n) is 6.45. The minimum atomic E-state index is -1.13. The maximum absolute atomic E-state index is 12.3. The molecule has 0 aliphatic heterocycles. The molecule has 0 bridgehead atoms. The van der Waals surface area contributed by atoms with E-state index in [4.69, 9.17) is 20.1 Å². The summed E-state index contributed by atoms with van der Waals surface area (Å²) in [5, 5.41) is 2.55. The quantitative estimate of drug-likeness (QED) is 0.0471. The molecule has 2 aliphatic carbocycles. The Labute approximate surface area is 371 Å². The van der Waals surface area contributed by atoms with Crippen molar-refractivity contribution >= 4 is 42.3 Å². The molecule has 4 aromatic carbocycles. The van der Waals surface area contributed by atoms with Gasteiger partial charge in [0.15, 0.2) is 0 Å². The van der Waals surface area contributed by atoms with E-state index in [9.17, 15) is 24.0 Å². The molecule has 0 atom stereocenters. The van der Waals surface area contributed by atoms with E-state index in [1.807, 2.05) is 48.5 Å². The van der Waals surface area contributed by atoms with E-state index in [0.717, 1.165) is 62.5 Å². The number of nitrogens with two attached hydrogens (primary N) is 1. The van der Waals surface area contributed by atoms with Gasteiger partial charge in [-0.2, -0.15) is 11.0 Å². The molecule has 0 spiro atoms. The van der Waals surface area contributed by atoms with Crippen molar-refractivity contribution in [2.75, 3.05) is 0 Å². The minimum absolute atomic E-state index is 0. The molecule has 332 valence electrons. The molecule has 0 radical (unpaired) electrons. The second-order valence-electron chi connectivity index (χ2n) is 17.1. The van der Waals surface area contributed by atoms with Gasteiger partial charge in [-0.05, 0) is 131 Å². The van der Waals surface area contributed by atoms with Gasteiger partial charge in [0.25, 0.3) is 11.8 Å². The SMILES string of the molecule is CC(C)(C)OC(=O)NC1(C(=O)ONC(=O)Cc2ccc(CCCCc3ccccc3)cc2)CC1.Cl.NC1(C(=O)ONC(=O)Cc2ccc(CCCCc3ccccc3)cc2)CC1. The molecule has 0 unspecified atom stereocenters. The van der Waals surface area contributed by atoms with Gasteiger partial charge in [0, 0.05) is 0 Å². The van der Waals surface area contributed by atoms with Crippen molar-refractivity contribution in [1.82, 2.24) is 16.3 Å². The van der Waals surface area contributed by atoms with Gasteiger partial charge in [-0.15, -0.1) is 12.4 Å². The molecule has 2 aliphatic rings. The highest BCUT2D eigenvalue weighted by Crippen LogP contribution is 2.37. The maximum Gasteiger partial charge on any atom is 0.408 e. The van der Waals surface area contributed by atoms with Crippen LogP contribution >= 0.6 is 12.4 Å². The monoisotopic (exact) mass is 868 g/mol. The summed E-state index contributed by atoms with van der Waals surface area (Å²) in [6, 6.07) is 36.9. The van der Waals surface area contributed by atoms with Gasteiger partial charge in [0.2, 0.25) is 0 Å². The van der Waals surface area contributed by atoms with Crippen molar-refractivity contribution < 1.29 is 38.4 Å². The number of benzene rings is 4. The number of halogens is 1. The first-order valence-electron chi connectivity index (χ1n) is 21.2. The topological polar surface area (TPSA) is 175 Å². The summed E-state index contributed by atoms with van der Waals surface area (Å²) in [7, 11) is 0. The average Bonchev–Trinajstić information content (AvgIpc) is 4.19. The van der Waals surface area contributed by atoms with E-state index in [0.29, 0.717) is 25.7 Å². The molecule has 5 N–H and O–H groups in total. The van der Waals surface area contributed by atoms with Crippen LogP contribution in [0.2, 0.25) is 0 Å². The predicted molar refractivity (Wildman–Crippen MR) is 240 cm³/mol. The van der Waals surface area contributed by atoms with E-state index in [1.54, 1.807) is 20.8 Å². The highest BCUT2D eigenvalue weighted by Gasteiger charge is 2.54. The van der Waals surface area contributed by atoms with Gasteiger partial charge in [0.1, 0.15) is 16.7 Å². The second kappa shape index (κ2) is 23.5. The van der Waals surface area contributed by atoms with Crippen LogP contribution in [-0.4, -0.2) is 46.5 Å². The van der Waals surface area contributed by atoms with Gasteiger partial charge < -0.3 is 25.5 Å². The summed E-state index contributed by atoms with van der Waals surface area (Å²) < 4.78 is 5.18. The molecule has 0 heterocycles. The Kier molecular flexibility index (Phi) is 18.5. The van der Waals surface area contributed by atoms with Crippen molar-refractivity contribution in [3.8, 4) is 0 Å². The smallest absolute Gasteiger partial charge is 0.408 e. The molecule has 0 aromatic heterocycles. The van der Waals surface area contributed by atoms with Crippen molar-refractivity contribution in [3.05, 3.63) is 143 Å². The lowest BCUT2D eigenvalue weighted by molar-refractivity contribution is -0.161. The first-order valence-corrected chi connectivity index (χ1v) is 21.2. The molecule has 2 fully saturated rings. The average molecular weight is 869 g/mol. The summed E-state index contributed by atoms with van der Waals surface area (Å²) in [6.07, 6.45) is 10.4. The number of ether oxygens (including phenoxy) is 1. The third kappa shape index (κ3) is 17.3. The number of carbonyl (C=O) groups excluding carboxylic acids is 5. The highest BCUT2D eigenvalue weighted by atomic mass is 35.5.